The topological polar surface area (TPSA) is 39.2 Å². The molecule has 0 atom stereocenters. The number of rotatable bonds is 4. The van der Waals surface area contributed by atoms with Gasteiger partial charge in [0.25, 0.3) is 0 Å². The quantitative estimate of drug-likeness (QED) is 0.705. The van der Waals surface area contributed by atoms with Gasteiger partial charge in [-0.3, -0.25) is 9.78 Å². The lowest BCUT2D eigenvalue weighted by Crippen LogP contribution is -2.01. The lowest BCUT2D eigenvalue weighted by Gasteiger charge is -2.07. The lowest BCUT2D eigenvalue weighted by molar-refractivity contribution is -0.116. The van der Waals surface area contributed by atoms with E-state index in [1.54, 1.807) is 25.4 Å². The highest BCUT2D eigenvalue weighted by Gasteiger charge is 2.04. The highest BCUT2D eigenvalue weighted by Crippen LogP contribution is 2.16. The number of Topliss-reactive ketones (excluding diaryl/α,β-unsaturated/α-hetero) is 1. The molecule has 1 aromatic rings. The fourth-order valence-electron chi connectivity index (χ4n) is 1.11. The van der Waals surface area contributed by atoms with Crippen molar-refractivity contribution in [2.75, 3.05) is 6.61 Å². The zero-order valence-electron chi connectivity index (χ0n) is 7.91. The molecule has 1 rings (SSSR count). The number of hydrogen-bond donors (Lipinski definition) is 0. The van der Waals surface area contributed by atoms with Crippen molar-refractivity contribution in [1.29, 1.82) is 0 Å². The Morgan fingerprint density at radius 2 is 2.38 bits per heavy atom. The number of carbonyl (C=O) groups is 1. The molecular formula is C10H13NO2. The van der Waals surface area contributed by atoms with Crippen LogP contribution in [0.1, 0.15) is 19.4 Å². The average molecular weight is 179 g/mol. The Balaban J connectivity index is 2.84. The smallest absolute Gasteiger partial charge is 0.134 e. The van der Waals surface area contributed by atoms with Gasteiger partial charge in [0, 0.05) is 24.4 Å². The summed E-state index contributed by atoms with van der Waals surface area (Å²) < 4.78 is 5.35. The van der Waals surface area contributed by atoms with Crippen molar-refractivity contribution in [2.24, 2.45) is 0 Å². The number of aromatic nitrogens is 1. The molecule has 0 bridgehead atoms. The zero-order chi connectivity index (χ0) is 9.68. The van der Waals surface area contributed by atoms with Gasteiger partial charge in [0.1, 0.15) is 11.5 Å². The minimum atomic E-state index is 0.119. The molecule has 1 heterocycles. The fourth-order valence-corrected chi connectivity index (χ4v) is 1.11. The van der Waals surface area contributed by atoms with Gasteiger partial charge in [0.2, 0.25) is 0 Å². The third kappa shape index (κ3) is 2.86. The Hall–Kier alpha value is -1.38. The molecule has 0 saturated carbocycles. The van der Waals surface area contributed by atoms with Crippen LogP contribution in [0.25, 0.3) is 0 Å². The van der Waals surface area contributed by atoms with Crippen molar-refractivity contribution in [1.82, 2.24) is 4.98 Å². The van der Waals surface area contributed by atoms with E-state index in [1.807, 2.05) is 6.92 Å². The van der Waals surface area contributed by atoms with E-state index in [2.05, 4.69) is 4.98 Å². The van der Waals surface area contributed by atoms with E-state index in [9.17, 15) is 4.79 Å². The Morgan fingerprint density at radius 3 is 3.00 bits per heavy atom. The molecule has 0 spiro atoms. The summed E-state index contributed by atoms with van der Waals surface area (Å²) in [5.74, 6) is 0.877. The first kappa shape index (κ1) is 9.71. The highest BCUT2D eigenvalue weighted by atomic mass is 16.5. The normalized spacial score (nSPS) is 9.69. The molecule has 13 heavy (non-hydrogen) atoms. The third-order valence-electron chi connectivity index (χ3n) is 1.60. The summed E-state index contributed by atoms with van der Waals surface area (Å²) >= 11 is 0. The van der Waals surface area contributed by atoms with Gasteiger partial charge in [0.15, 0.2) is 0 Å². The Kier molecular flexibility index (Phi) is 3.43. The van der Waals surface area contributed by atoms with Crippen molar-refractivity contribution in [2.45, 2.75) is 20.3 Å². The van der Waals surface area contributed by atoms with Crippen LogP contribution in [0.15, 0.2) is 18.5 Å². The molecule has 0 unspecified atom stereocenters. The van der Waals surface area contributed by atoms with Gasteiger partial charge >= 0.3 is 0 Å². The van der Waals surface area contributed by atoms with E-state index in [1.165, 1.54) is 0 Å². The summed E-state index contributed by atoms with van der Waals surface area (Å²) in [6.45, 7) is 4.08. The Bertz CT molecular complexity index is 297. The van der Waals surface area contributed by atoms with Crippen molar-refractivity contribution in [3.05, 3.63) is 24.0 Å². The van der Waals surface area contributed by atoms with Crippen molar-refractivity contribution >= 4 is 5.78 Å². The zero-order valence-corrected chi connectivity index (χ0v) is 7.91. The summed E-state index contributed by atoms with van der Waals surface area (Å²) in [6.07, 6.45) is 3.73. The molecule has 0 N–H and O–H groups in total. The number of carbonyl (C=O) groups excluding carboxylic acids is 1. The second-order valence-electron chi connectivity index (χ2n) is 2.80. The standard InChI is InChI=1S/C10H13NO2/c1-3-13-10-4-5-11-7-9(10)6-8(2)12/h4-5,7H,3,6H2,1-2H3. The van der Waals surface area contributed by atoms with Gasteiger partial charge in [0.05, 0.1) is 6.61 Å². The van der Waals surface area contributed by atoms with Gasteiger partial charge < -0.3 is 4.74 Å². The van der Waals surface area contributed by atoms with Crippen LogP contribution in [-0.4, -0.2) is 17.4 Å². The van der Waals surface area contributed by atoms with E-state index >= 15 is 0 Å². The largest absolute Gasteiger partial charge is 0.493 e. The van der Waals surface area contributed by atoms with Crippen LogP contribution >= 0.6 is 0 Å². The Morgan fingerprint density at radius 1 is 1.62 bits per heavy atom. The number of pyridine rings is 1. The van der Waals surface area contributed by atoms with Gasteiger partial charge in [-0.15, -0.1) is 0 Å². The van der Waals surface area contributed by atoms with Crippen molar-refractivity contribution in [3.63, 3.8) is 0 Å². The highest BCUT2D eigenvalue weighted by molar-refractivity contribution is 5.78. The van der Waals surface area contributed by atoms with Gasteiger partial charge in [-0.25, -0.2) is 0 Å². The van der Waals surface area contributed by atoms with Crippen LogP contribution in [0.5, 0.6) is 5.75 Å². The number of hydrogen-bond acceptors (Lipinski definition) is 3. The predicted molar refractivity (Wildman–Crippen MR) is 49.8 cm³/mol. The minimum absolute atomic E-state index is 0.119. The monoisotopic (exact) mass is 179 g/mol. The molecule has 0 fully saturated rings. The van der Waals surface area contributed by atoms with E-state index in [-0.39, 0.29) is 5.78 Å². The first-order valence-corrected chi connectivity index (χ1v) is 4.29. The maximum Gasteiger partial charge on any atom is 0.134 e. The summed E-state index contributed by atoms with van der Waals surface area (Å²) in [6, 6.07) is 1.78. The summed E-state index contributed by atoms with van der Waals surface area (Å²) in [4.78, 5) is 14.8. The SMILES string of the molecule is CCOc1ccncc1CC(C)=O. The van der Waals surface area contributed by atoms with Crippen LogP contribution in [0, 0.1) is 0 Å². The fraction of sp³-hybridized carbons (Fsp3) is 0.400. The van der Waals surface area contributed by atoms with Gasteiger partial charge in [-0.2, -0.15) is 0 Å². The molecule has 3 heteroatoms. The van der Waals surface area contributed by atoms with E-state index in [0.717, 1.165) is 11.3 Å². The number of nitrogens with zero attached hydrogens (tertiary/aromatic N) is 1. The van der Waals surface area contributed by atoms with Crippen LogP contribution in [0.2, 0.25) is 0 Å². The van der Waals surface area contributed by atoms with E-state index in [0.29, 0.717) is 13.0 Å². The second kappa shape index (κ2) is 4.60. The molecular weight excluding hydrogens is 166 g/mol. The summed E-state index contributed by atoms with van der Waals surface area (Å²) in [5.41, 5.74) is 0.858. The van der Waals surface area contributed by atoms with Crippen molar-refractivity contribution in [3.8, 4) is 5.75 Å². The first-order chi connectivity index (χ1) is 6.24. The van der Waals surface area contributed by atoms with Crippen LogP contribution < -0.4 is 4.74 Å². The summed E-state index contributed by atoms with van der Waals surface area (Å²) in [5, 5.41) is 0. The molecule has 0 aliphatic heterocycles. The lowest BCUT2D eigenvalue weighted by atomic mass is 10.1. The molecule has 0 radical (unpaired) electrons. The summed E-state index contributed by atoms with van der Waals surface area (Å²) in [7, 11) is 0. The van der Waals surface area contributed by atoms with E-state index < -0.39 is 0 Å². The predicted octanol–water partition coefficient (Wildman–Crippen LogP) is 1.61. The second-order valence-corrected chi connectivity index (χ2v) is 2.80. The maximum absolute atomic E-state index is 10.9. The molecule has 0 amide bonds. The third-order valence-corrected chi connectivity index (χ3v) is 1.60. The molecule has 0 saturated heterocycles. The Labute approximate surface area is 77.8 Å². The number of ketones is 1. The van der Waals surface area contributed by atoms with E-state index in [4.69, 9.17) is 4.74 Å². The molecule has 0 aliphatic carbocycles. The molecule has 3 nitrogen and oxygen atoms in total. The number of ether oxygens (including phenoxy) is 1. The molecule has 0 aliphatic rings. The first-order valence-electron chi connectivity index (χ1n) is 4.29. The van der Waals surface area contributed by atoms with Crippen LogP contribution in [-0.2, 0) is 11.2 Å². The van der Waals surface area contributed by atoms with Gasteiger partial charge in [-0.05, 0) is 19.9 Å². The van der Waals surface area contributed by atoms with Gasteiger partial charge in [-0.1, -0.05) is 0 Å². The van der Waals surface area contributed by atoms with Crippen molar-refractivity contribution < 1.29 is 9.53 Å². The molecule has 1 aromatic heterocycles. The van der Waals surface area contributed by atoms with Crippen LogP contribution in [0.3, 0.4) is 0 Å². The minimum Gasteiger partial charge on any atom is -0.493 e. The average Bonchev–Trinajstić information content (AvgIpc) is 2.08. The molecule has 0 aromatic carbocycles. The maximum atomic E-state index is 10.9. The van der Waals surface area contributed by atoms with Crippen LogP contribution in [0.4, 0.5) is 0 Å². The molecule has 70 valence electrons.